The molecule has 0 aliphatic heterocycles. The predicted molar refractivity (Wildman–Crippen MR) is 61.9 cm³/mol. The first kappa shape index (κ1) is 14.9. The summed E-state index contributed by atoms with van der Waals surface area (Å²) >= 11 is 0. The molecule has 0 bridgehead atoms. The molecule has 1 aromatic rings. The summed E-state index contributed by atoms with van der Waals surface area (Å²) in [6.07, 6.45) is -5.09. The van der Waals surface area contributed by atoms with E-state index >= 15 is 0 Å². The van der Waals surface area contributed by atoms with Crippen molar-refractivity contribution in [3.05, 3.63) is 33.9 Å². The number of nitrogens with one attached hydrogen (secondary N) is 1. The number of nitro benzene ring substituents is 1. The van der Waals surface area contributed by atoms with E-state index in [9.17, 15) is 28.1 Å². The van der Waals surface area contributed by atoms with E-state index in [0.717, 1.165) is 12.1 Å². The highest BCUT2D eigenvalue weighted by Crippen LogP contribution is 2.30. The smallest absolute Gasteiger partial charge is 0.312 e. The summed E-state index contributed by atoms with van der Waals surface area (Å²) in [5.41, 5.74) is -0.447. The maximum Gasteiger partial charge on any atom is 0.471 e. The number of nitrogens with zero attached hydrogens (tertiary/aromatic N) is 1. The molecule has 0 atom stereocenters. The number of halogens is 3. The van der Waals surface area contributed by atoms with Crippen LogP contribution in [0.15, 0.2) is 18.2 Å². The second-order valence-electron chi connectivity index (χ2n) is 4.14. The van der Waals surface area contributed by atoms with E-state index in [-0.39, 0.29) is 5.92 Å². The molecule has 0 fully saturated rings. The lowest BCUT2D eigenvalue weighted by Gasteiger charge is -2.10. The Morgan fingerprint density at radius 2 is 1.95 bits per heavy atom. The van der Waals surface area contributed by atoms with Crippen molar-refractivity contribution in [1.29, 1.82) is 0 Å². The van der Waals surface area contributed by atoms with Crippen LogP contribution < -0.4 is 5.32 Å². The van der Waals surface area contributed by atoms with Gasteiger partial charge in [-0.1, -0.05) is 19.9 Å². The standard InChI is InChI=1S/C11H11F3N2O3/c1-6(2)7-3-4-8(9(5-7)16(18)19)15-10(17)11(12,13)14/h3-6H,1-2H3,(H,15,17). The van der Waals surface area contributed by atoms with E-state index in [1.54, 1.807) is 13.8 Å². The fraction of sp³-hybridized carbons (Fsp3) is 0.364. The van der Waals surface area contributed by atoms with E-state index in [4.69, 9.17) is 0 Å². The molecule has 0 heterocycles. The Balaban J connectivity index is 3.15. The van der Waals surface area contributed by atoms with Gasteiger partial charge in [0, 0.05) is 6.07 Å². The topological polar surface area (TPSA) is 72.2 Å². The zero-order chi connectivity index (χ0) is 14.8. The molecule has 104 valence electrons. The minimum atomic E-state index is -5.09. The Kier molecular flexibility index (Phi) is 4.13. The van der Waals surface area contributed by atoms with Crippen LogP contribution in [0.25, 0.3) is 0 Å². The van der Waals surface area contributed by atoms with Gasteiger partial charge in [-0.25, -0.2) is 0 Å². The molecule has 8 heteroatoms. The highest BCUT2D eigenvalue weighted by Gasteiger charge is 2.39. The number of amides is 1. The largest absolute Gasteiger partial charge is 0.471 e. The van der Waals surface area contributed by atoms with Crippen LogP contribution in [-0.4, -0.2) is 17.0 Å². The van der Waals surface area contributed by atoms with Gasteiger partial charge in [-0.3, -0.25) is 14.9 Å². The van der Waals surface area contributed by atoms with Crippen molar-refractivity contribution < 1.29 is 22.9 Å². The fourth-order valence-electron chi connectivity index (χ4n) is 1.36. The van der Waals surface area contributed by atoms with Crippen LogP contribution in [0.3, 0.4) is 0 Å². The average Bonchev–Trinajstić information content (AvgIpc) is 2.27. The Morgan fingerprint density at radius 1 is 1.37 bits per heavy atom. The number of carbonyl (C=O) groups is 1. The SMILES string of the molecule is CC(C)c1ccc(NC(=O)C(F)(F)F)c([N+](=O)[O-])c1. The fourth-order valence-corrected chi connectivity index (χ4v) is 1.36. The van der Waals surface area contributed by atoms with E-state index in [1.165, 1.54) is 11.4 Å². The van der Waals surface area contributed by atoms with Crippen LogP contribution in [-0.2, 0) is 4.79 Å². The molecular weight excluding hydrogens is 265 g/mol. The quantitative estimate of drug-likeness (QED) is 0.680. The van der Waals surface area contributed by atoms with Crippen LogP contribution in [0.5, 0.6) is 0 Å². The number of nitro groups is 1. The molecule has 1 N–H and O–H groups in total. The maximum atomic E-state index is 12.1. The summed E-state index contributed by atoms with van der Waals surface area (Å²) in [7, 11) is 0. The van der Waals surface area contributed by atoms with Gasteiger partial charge in [-0.05, 0) is 17.5 Å². The number of hydrogen-bond donors (Lipinski definition) is 1. The number of rotatable bonds is 3. The Morgan fingerprint density at radius 3 is 2.37 bits per heavy atom. The van der Waals surface area contributed by atoms with Crippen molar-refractivity contribution in [3.63, 3.8) is 0 Å². The van der Waals surface area contributed by atoms with Gasteiger partial charge in [0.05, 0.1) is 4.92 Å². The first-order valence-corrected chi connectivity index (χ1v) is 5.29. The molecule has 0 aliphatic rings. The molecule has 5 nitrogen and oxygen atoms in total. The lowest BCUT2D eigenvalue weighted by molar-refractivity contribution is -0.384. The third-order valence-electron chi connectivity index (χ3n) is 2.39. The number of benzene rings is 1. The lowest BCUT2D eigenvalue weighted by atomic mass is 10.0. The molecular formula is C11H11F3N2O3. The normalized spacial score (nSPS) is 11.5. The second kappa shape index (κ2) is 5.25. The van der Waals surface area contributed by atoms with Crippen LogP contribution in [0.1, 0.15) is 25.3 Å². The third kappa shape index (κ3) is 3.67. The Labute approximate surface area is 106 Å². The van der Waals surface area contributed by atoms with E-state index in [2.05, 4.69) is 0 Å². The summed E-state index contributed by atoms with van der Waals surface area (Å²) in [5.74, 6) is -2.26. The lowest BCUT2D eigenvalue weighted by Crippen LogP contribution is -2.30. The highest BCUT2D eigenvalue weighted by molar-refractivity contribution is 5.96. The summed E-state index contributed by atoms with van der Waals surface area (Å²) in [5, 5.41) is 12.3. The second-order valence-corrected chi connectivity index (χ2v) is 4.14. The summed E-state index contributed by atoms with van der Waals surface area (Å²) < 4.78 is 36.3. The highest BCUT2D eigenvalue weighted by atomic mass is 19.4. The molecule has 0 saturated heterocycles. The van der Waals surface area contributed by atoms with Crippen molar-refractivity contribution in [3.8, 4) is 0 Å². The van der Waals surface area contributed by atoms with Gasteiger partial charge < -0.3 is 5.32 Å². The molecule has 19 heavy (non-hydrogen) atoms. The van der Waals surface area contributed by atoms with Crippen molar-refractivity contribution in [2.45, 2.75) is 25.9 Å². The number of anilines is 1. The van der Waals surface area contributed by atoms with Gasteiger partial charge in [0.2, 0.25) is 0 Å². The van der Waals surface area contributed by atoms with Crippen LogP contribution in [0.4, 0.5) is 24.5 Å². The van der Waals surface area contributed by atoms with Gasteiger partial charge >= 0.3 is 12.1 Å². The van der Waals surface area contributed by atoms with E-state index in [0.29, 0.717) is 5.56 Å². The first-order chi connectivity index (χ1) is 8.62. The minimum Gasteiger partial charge on any atom is -0.312 e. The number of alkyl halides is 3. The minimum absolute atomic E-state index is 0.0222. The third-order valence-corrected chi connectivity index (χ3v) is 2.39. The van der Waals surface area contributed by atoms with Gasteiger partial charge in [-0.2, -0.15) is 13.2 Å². The number of carbonyl (C=O) groups excluding carboxylic acids is 1. The predicted octanol–water partition coefficient (Wildman–Crippen LogP) is 3.22. The van der Waals surface area contributed by atoms with Gasteiger partial charge in [0.25, 0.3) is 5.69 Å². The van der Waals surface area contributed by atoms with Crippen LogP contribution in [0, 0.1) is 10.1 Å². The van der Waals surface area contributed by atoms with E-state index < -0.39 is 28.4 Å². The van der Waals surface area contributed by atoms with Crippen molar-refractivity contribution in [2.24, 2.45) is 0 Å². The molecule has 1 rings (SSSR count). The van der Waals surface area contributed by atoms with Crippen molar-refractivity contribution in [1.82, 2.24) is 0 Å². The summed E-state index contributed by atoms with van der Waals surface area (Å²) in [4.78, 5) is 20.7. The molecule has 0 saturated carbocycles. The molecule has 1 amide bonds. The molecule has 1 aromatic carbocycles. The monoisotopic (exact) mass is 276 g/mol. The average molecular weight is 276 g/mol. The summed E-state index contributed by atoms with van der Waals surface area (Å²) in [6.45, 7) is 3.57. The Hall–Kier alpha value is -2.12. The summed E-state index contributed by atoms with van der Waals surface area (Å²) in [6, 6.07) is 3.68. The van der Waals surface area contributed by atoms with Crippen LogP contribution in [0.2, 0.25) is 0 Å². The zero-order valence-electron chi connectivity index (χ0n) is 10.1. The molecule has 0 radical (unpaired) electrons. The van der Waals surface area contributed by atoms with Crippen LogP contribution >= 0.6 is 0 Å². The van der Waals surface area contributed by atoms with Gasteiger partial charge in [0.15, 0.2) is 0 Å². The molecule has 0 unspecified atom stereocenters. The maximum absolute atomic E-state index is 12.1. The molecule has 0 aliphatic carbocycles. The van der Waals surface area contributed by atoms with Gasteiger partial charge in [0.1, 0.15) is 5.69 Å². The first-order valence-electron chi connectivity index (χ1n) is 5.29. The zero-order valence-corrected chi connectivity index (χ0v) is 10.1. The molecule has 0 spiro atoms. The van der Waals surface area contributed by atoms with E-state index in [1.807, 2.05) is 0 Å². The Bertz CT molecular complexity index is 512. The van der Waals surface area contributed by atoms with Crippen molar-refractivity contribution in [2.75, 3.05) is 5.32 Å². The number of hydrogen-bond acceptors (Lipinski definition) is 3. The van der Waals surface area contributed by atoms with Crippen molar-refractivity contribution >= 4 is 17.3 Å². The van der Waals surface area contributed by atoms with Gasteiger partial charge in [-0.15, -0.1) is 0 Å². The molecule has 0 aromatic heterocycles.